The fourth-order valence-electron chi connectivity index (χ4n) is 2.41. The van der Waals surface area contributed by atoms with Crippen molar-refractivity contribution in [3.05, 3.63) is 48.0 Å². The molecule has 2 aromatic rings. The maximum Gasteiger partial charge on any atom is 0.276 e. The van der Waals surface area contributed by atoms with Gasteiger partial charge in [-0.25, -0.2) is 0 Å². The van der Waals surface area contributed by atoms with Crippen LogP contribution in [0.1, 0.15) is 25.8 Å². The highest BCUT2D eigenvalue weighted by molar-refractivity contribution is 7.89. The fourth-order valence-corrected chi connectivity index (χ4v) is 3.24. The monoisotopic (exact) mass is 392 g/mol. The molecule has 1 N–H and O–H groups in total. The van der Waals surface area contributed by atoms with Crippen LogP contribution in [0.3, 0.4) is 0 Å². The van der Waals surface area contributed by atoms with E-state index in [4.69, 9.17) is 14.2 Å². The second kappa shape index (κ2) is 9.27. The van der Waals surface area contributed by atoms with Gasteiger partial charge in [0.25, 0.3) is 10.0 Å². The molecule has 0 spiro atoms. The summed E-state index contributed by atoms with van der Waals surface area (Å²) in [6.07, 6.45) is 0.529. The Hall–Kier alpha value is -2.74. The normalized spacial score (nSPS) is 11.8. The van der Waals surface area contributed by atoms with Crippen LogP contribution in [0.25, 0.3) is 0 Å². The molecule has 2 rings (SSSR count). The number of nitrogens with zero attached hydrogens (tertiary/aromatic N) is 1. The van der Waals surface area contributed by atoms with Crippen LogP contribution in [0.4, 0.5) is 0 Å². The molecule has 0 aliphatic carbocycles. The Bertz CT molecular complexity index is 893. The Kier molecular flexibility index (Phi) is 7.06. The quantitative estimate of drug-likeness (QED) is 0.523. The lowest BCUT2D eigenvalue weighted by Gasteiger charge is -2.11. The number of sulfonamides is 1. The average molecular weight is 392 g/mol. The fraction of sp³-hybridized carbons (Fsp3) is 0.316. The van der Waals surface area contributed by atoms with Crippen LogP contribution in [0.5, 0.6) is 17.2 Å². The number of benzene rings is 2. The molecule has 0 radical (unpaired) electrons. The van der Waals surface area contributed by atoms with Crippen LogP contribution >= 0.6 is 0 Å². The van der Waals surface area contributed by atoms with E-state index >= 15 is 0 Å². The zero-order valence-corrected chi connectivity index (χ0v) is 16.7. The van der Waals surface area contributed by atoms with Crippen molar-refractivity contribution >= 4 is 15.7 Å². The van der Waals surface area contributed by atoms with Crippen LogP contribution in [0, 0.1) is 0 Å². The van der Waals surface area contributed by atoms with Crippen molar-refractivity contribution in [2.45, 2.75) is 25.2 Å². The van der Waals surface area contributed by atoms with Gasteiger partial charge in [0.2, 0.25) is 0 Å². The molecule has 27 heavy (non-hydrogen) atoms. The maximum absolute atomic E-state index is 12.5. The highest BCUT2D eigenvalue weighted by atomic mass is 32.2. The van der Waals surface area contributed by atoms with Gasteiger partial charge in [-0.05, 0) is 55.8 Å². The van der Waals surface area contributed by atoms with E-state index in [1.54, 1.807) is 44.6 Å². The van der Waals surface area contributed by atoms with E-state index in [1.807, 2.05) is 13.8 Å². The standard InChI is InChI=1S/C19H24N2O5S/c1-5-17(14-7-12-18(24-3)19(13-14)25-4)20-21-27(22,23)16-10-8-15(9-11-16)26-6-2/h7-13,21H,5-6H2,1-4H3/b20-17+. The van der Waals surface area contributed by atoms with Gasteiger partial charge in [0, 0.05) is 5.56 Å². The molecule has 0 saturated carbocycles. The van der Waals surface area contributed by atoms with E-state index < -0.39 is 10.0 Å². The second-order valence-corrected chi connectivity index (χ2v) is 7.14. The van der Waals surface area contributed by atoms with Gasteiger partial charge in [-0.2, -0.15) is 18.4 Å². The number of nitrogens with one attached hydrogen (secondary N) is 1. The minimum absolute atomic E-state index is 0.109. The number of hydrogen-bond acceptors (Lipinski definition) is 6. The highest BCUT2D eigenvalue weighted by Crippen LogP contribution is 2.28. The van der Waals surface area contributed by atoms with Gasteiger partial charge < -0.3 is 14.2 Å². The third kappa shape index (κ3) is 5.13. The lowest BCUT2D eigenvalue weighted by atomic mass is 10.1. The topological polar surface area (TPSA) is 86.2 Å². The lowest BCUT2D eigenvalue weighted by molar-refractivity contribution is 0.340. The minimum Gasteiger partial charge on any atom is -0.494 e. The third-order valence-electron chi connectivity index (χ3n) is 3.80. The number of ether oxygens (including phenoxy) is 3. The third-order valence-corrected chi connectivity index (χ3v) is 5.02. The van der Waals surface area contributed by atoms with Gasteiger partial charge in [-0.3, -0.25) is 0 Å². The summed E-state index contributed by atoms with van der Waals surface area (Å²) in [4.78, 5) is 2.40. The Balaban J connectivity index is 2.25. The molecule has 0 bridgehead atoms. The summed E-state index contributed by atoms with van der Waals surface area (Å²) < 4.78 is 40.8. The van der Waals surface area contributed by atoms with E-state index in [1.165, 1.54) is 12.1 Å². The van der Waals surface area contributed by atoms with Gasteiger partial charge in [0.15, 0.2) is 11.5 Å². The van der Waals surface area contributed by atoms with Crippen LogP contribution in [0.2, 0.25) is 0 Å². The molecule has 0 saturated heterocycles. The molecule has 0 aliphatic heterocycles. The van der Waals surface area contributed by atoms with E-state index in [-0.39, 0.29) is 4.90 Å². The molecule has 0 aromatic heterocycles. The van der Waals surface area contributed by atoms with Crippen molar-refractivity contribution in [2.75, 3.05) is 20.8 Å². The minimum atomic E-state index is -3.78. The first-order valence-electron chi connectivity index (χ1n) is 8.48. The zero-order valence-electron chi connectivity index (χ0n) is 15.9. The molecule has 2 aromatic carbocycles. The van der Waals surface area contributed by atoms with Crippen molar-refractivity contribution in [2.24, 2.45) is 5.10 Å². The first kappa shape index (κ1) is 20.6. The molecule has 0 unspecified atom stereocenters. The second-order valence-electron chi connectivity index (χ2n) is 5.48. The summed E-state index contributed by atoms with van der Waals surface area (Å²) in [6.45, 7) is 4.27. The summed E-state index contributed by atoms with van der Waals surface area (Å²) in [5.41, 5.74) is 1.31. The molecular weight excluding hydrogens is 368 g/mol. The molecule has 0 atom stereocenters. The Morgan fingerprint density at radius 2 is 1.67 bits per heavy atom. The molecule has 8 heteroatoms. The number of methoxy groups -OCH3 is 2. The van der Waals surface area contributed by atoms with Crippen molar-refractivity contribution in [3.8, 4) is 17.2 Å². The zero-order chi connectivity index (χ0) is 19.9. The first-order valence-corrected chi connectivity index (χ1v) is 9.97. The van der Waals surface area contributed by atoms with Gasteiger partial charge >= 0.3 is 0 Å². The van der Waals surface area contributed by atoms with E-state index in [0.29, 0.717) is 36.0 Å². The largest absolute Gasteiger partial charge is 0.494 e. The average Bonchev–Trinajstić information content (AvgIpc) is 2.69. The van der Waals surface area contributed by atoms with Crippen LogP contribution in [-0.2, 0) is 10.0 Å². The number of rotatable bonds is 9. The van der Waals surface area contributed by atoms with E-state index in [9.17, 15) is 8.42 Å². The van der Waals surface area contributed by atoms with Crippen molar-refractivity contribution in [3.63, 3.8) is 0 Å². The molecule has 0 heterocycles. The maximum atomic E-state index is 12.5. The number of hydrazone groups is 1. The summed E-state index contributed by atoms with van der Waals surface area (Å²) in [5.74, 6) is 1.75. The predicted octanol–water partition coefficient (Wildman–Crippen LogP) is 3.20. The Morgan fingerprint density at radius 3 is 2.22 bits per heavy atom. The van der Waals surface area contributed by atoms with Crippen LogP contribution < -0.4 is 19.0 Å². The molecular formula is C19H24N2O5S. The Labute approximate surface area is 160 Å². The summed E-state index contributed by atoms with van der Waals surface area (Å²) >= 11 is 0. The van der Waals surface area contributed by atoms with Crippen LogP contribution in [0.15, 0.2) is 52.5 Å². The van der Waals surface area contributed by atoms with Crippen molar-refractivity contribution in [1.82, 2.24) is 4.83 Å². The van der Waals surface area contributed by atoms with E-state index in [2.05, 4.69) is 9.93 Å². The van der Waals surface area contributed by atoms with Crippen molar-refractivity contribution < 1.29 is 22.6 Å². The van der Waals surface area contributed by atoms with E-state index in [0.717, 1.165) is 5.56 Å². The first-order chi connectivity index (χ1) is 12.9. The molecule has 7 nitrogen and oxygen atoms in total. The molecule has 0 amide bonds. The summed E-state index contributed by atoms with van der Waals surface area (Å²) in [5, 5.41) is 4.10. The molecule has 0 aliphatic rings. The van der Waals surface area contributed by atoms with Gasteiger partial charge in [0.1, 0.15) is 5.75 Å². The smallest absolute Gasteiger partial charge is 0.276 e. The predicted molar refractivity (Wildman–Crippen MR) is 104 cm³/mol. The van der Waals surface area contributed by atoms with Crippen LogP contribution in [-0.4, -0.2) is 35.0 Å². The summed E-state index contributed by atoms with van der Waals surface area (Å²) in [6, 6.07) is 11.5. The van der Waals surface area contributed by atoms with Gasteiger partial charge in [-0.1, -0.05) is 6.92 Å². The van der Waals surface area contributed by atoms with Gasteiger partial charge in [-0.15, -0.1) is 0 Å². The lowest BCUT2D eigenvalue weighted by Crippen LogP contribution is -2.20. The Morgan fingerprint density at radius 1 is 1.00 bits per heavy atom. The highest BCUT2D eigenvalue weighted by Gasteiger charge is 2.14. The molecule has 0 fully saturated rings. The SMILES string of the molecule is CCOc1ccc(S(=O)(=O)N/N=C(\CC)c2ccc(OC)c(OC)c2)cc1. The van der Waals surface area contributed by atoms with Gasteiger partial charge in [0.05, 0.1) is 31.4 Å². The van der Waals surface area contributed by atoms with Crippen molar-refractivity contribution in [1.29, 1.82) is 0 Å². The molecule has 146 valence electrons. The summed E-state index contributed by atoms with van der Waals surface area (Å²) in [7, 11) is -0.689. The number of hydrogen-bond donors (Lipinski definition) is 1.